The lowest BCUT2D eigenvalue weighted by Gasteiger charge is -2.16. The molecule has 0 bridgehead atoms. The van der Waals surface area contributed by atoms with Gasteiger partial charge in [0, 0.05) is 13.7 Å². The van der Waals surface area contributed by atoms with E-state index in [1.54, 1.807) is 7.11 Å². The molecule has 0 fully saturated rings. The molecule has 0 saturated heterocycles. The molecule has 5 heteroatoms. The first-order chi connectivity index (χ1) is 8.67. The van der Waals surface area contributed by atoms with Gasteiger partial charge in [0.15, 0.2) is 5.96 Å². The SMILES string of the molecule is CCNC(=NCCOC)N[C@@H](C)c1ccc(C)o1. The molecule has 0 spiro atoms. The van der Waals surface area contributed by atoms with Gasteiger partial charge in [0.25, 0.3) is 0 Å². The Labute approximate surface area is 109 Å². The predicted octanol–water partition coefficient (Wildman–Crippen LogP) is 1.85. The number of ether oxygens (including phenoxy) is 1. The van der Waals surface area contributed by atoms with Crippen LogP contribution < -0.4 is 10.6 Å². The Bertz CT molecular complexity index is 374. The van der Waals surface area contributed by atoms with Gasteiger partial charge in [-0.2, -0.15) is 0 Å². The van der Waals surface area contributed by atoms with Crippen LogP contribution in [-0.2, 0) is 4.74 Å². The second-order valence-corrected chi connectivity index (χ2v) is 4.07. The first kappa shape index (κ1) is 14.6. The third-order valence-electron chi connectivity index (χ3n) is 2.45. The zero-order valence-electron chi connectivity index (χ0n) is 11.6. The van der Waals surface area contributed by atoms with Crippen LogP contribution in [0.4, 0.5) is 0 Å². The smallest absolute Gasteiger partial charge is 0.191 e. The van der Waals surface area contributed by atoms with Gasteiger partial charge in [0.2, 0.25) is 0 Å². The normalized spacial score (nSPS) is 13.4. The van der Waals surface area contributed by atoms with Crippen LogP contribution in [0.5, 0.6) is 0 Å². The first-order valence-corrected chi connectivity index (χ1v) is 6.27. The number of aryl methyl sites for hydroxylation is 1. The molecule has 0 radical (unpaired) electrons. The van der Waals surface area contributed by atoms with E-state index in [2.05, 4.69) is 15.6 Å². The minimum atomic E-state index is 0.0824. The molecule has 1 heterocycles. The fourth-order valence-electron chi connectivity index (χ4n) is 1.53. The third-order valence-corrected chi connectivity index (χ3v) is 2.45. The zero-order chi connectivity index (χ0) is 13.4. The van der Waals surface area contributed by atoms with Crippen LogP contribution in [0.2, 0.25) is 0 Å². The molecule has 0 aliphatic heterocycles. The number of furan rings is 1. The Balaban J connectivity index is 2.56. The molecule has 1 rings (SSSR count). The van der Waals surface area contributed by atoms with Crippen molar-refractivity contribution in [1.29, 1.82) is 0 Å². The molecule has 0 aliphatic rings. The standard InChI is InChI=1S/C13H23N3O2/c1-5-14-13(15-8-9-17-4)16-11(3)12-7-6-10(2)18-12/h6-7,11H,5,8-9H2,1-4H3,(H2,14,15,16)/t11-/m0/s1. The molecule has 18 heavy (non-hydrogen) atoms. The van der Waals surface area contributed by atoms with Crippen molar-refractivity contribution in [2.45, 2.75) is 26.8 Å². The third kappa shape index (κ3) is 4.79. The van der Waals surface area contributed by atoms with Crippen LogP contribution in [0.1, 0.15) is 31.4 Å². The lowest BCUT2D eigenvalue weighted by molar-refractivity contribution is 0.208. The summed E-state index contributed by atoms with van der Waals surface area (Å²) in [6, 6.07) is 4.02. The van der Waals surface area contributed by atoms with Gasteiger partial charge < -0.3 is 19.8 Å². The van der Waals surface area contributed by atoms with Gasteiger partial charge in [-0.05, 0) is 32.9 Å². The van der Waals surface area contributed by atoms with E-state index in [4.69, 9.17) is 9.15 Å². The summed E-state index contributed by atoms with van der Waals surface area (Å²) in [4.78, 5) is 4.40. The summed E-state index contributed by atoms with van der Waals surface area (Å²) in [6.45, 7) is 8.09. The summed E-state index contributed by atoms with van der Waals surface area (Å²) in [5, 5.41) is 6.49. The van der Waals surface area contributed by atoms with E-state index in [1.807, 2.05) is 32.9 Å². The van der Waals surface area contributed by atoms with Crippen molar-refractivity contribution in [2.75, 3.05) is 26.8 Å². The maximum absolute atomic E-state index is 5.58. The molecule has 5 nitrogen and oxygen atoms in total. The van der Waals surface area contributed by atoms with Crippen molar-refractivity contribution in [2.24, 2.45) is 4.99 Å². The van der Waals surface area contributed by atoms with Crippen molar-refractivity contribution in [3.8, 4) is 0 Å². The number of hydrogen-bond donors (Lipinski definition) is 2. The second kappa shape index (κ2) is 7.76. The van der Waals surface area contributed by atoms with Crippen LogP contribution in [0.3, 0.4) is 0 Å². The Kier molecular flexibility index (Phi) is 6.28. The van der Waals surface area contributed by atoms with Crippen LogP contribution in [0.15, 0.2) is 21.5 Å². The maximum Gasteiger partial charge on any atom is 0.191 e. The Morgan fingerprint density at radius 1 is 1.50 bits per heavy atom. The van der Waals surface area contributed by atoms with E-state index in [0.29, 0.717) is 13.2 Å². The molecule has 2 N–H and O–H groups in total. The molecule has 0 aromatic carbocycles. The molecule has 1 atom stereocenters. The Morgan fingerprint density at radius 3 is 2.83 bits per heavy atom. The minimum Gasteiger partial charge on any atom is -0.464 e. The largest absolute Gasteiger partial charge is 0.464 e. The van der Waals surface area contributed by atoms with E-state index >= 15 is 0 Å². The summed E-state index contributed by atoms with van der Waals surface area (Å²) in [7, 11) is 1.67. The van der Waals surface area contributed by atoms with E-state index < -0.39 is 0 Å². The van der Waals surface area contributed by atoms with Gasteiger partial charge in [-0.25, -0.2) is 0 Å². The number of hydrogen-bond acceptors (Lipinski definition) is 3. The lowest BCUT2D eigenvalue weighted by Crippen LogP contribution is -2.38. The maximum atomic E-state index is 5.58. The molecule has 0 aliphatic carbocycles. The van der Waals surface area contributed by atoms with Crippen molar-refractivity contribution < 1.29 is 9.15 Å². The average Bonchev–Trinajstić information content (AvgIpc) is 2.76. The lowest BCUT2D eigenvalue weighted by atomic mass is 10.2. The van der Waals surface area contributed by atoms with Gasteiger partial charge >= 0.3 is 0 Å². The molecular formula is C13H23N3O2. The van der Waals surface area contributed by atoms with Crippen LogP contribution in [0.25, 0.3) is 0 Å². The molecule has 1 aromatic heterocycles. The Morgan fingerprint density at radius 2 is 2.28 bits per heavy atom. The van der Waals surface area contributed by atoms with Crippen molar-refractivity contribution in [3.05, 3.63) is 23.7 Å². The van der Waals surface area contributed by atoms with Crippen LogP contribution in [-0.4, -0.2) is 32.8 Å². The zero-order valence-corrected chi connectivity index (χ0v) is 11.6. The number of methoxy groups -OCH3 is 1. The fourth-order valence-corrected chi connectivity index (χ4v) is 1.53. The number of nitrogens with zero attached hydrogens (tertiary/aromatic N) is 1. The summed E-state index contributed by atoms with van der Waals surface area (Å²) in [5.74, 6) is 2.60. The monoisotopic (exact) mass is 253 g/mol. The van der Waals surface area contributed by atoms with Gasteiger partial charge in [-0.3, -0.25) is 4.99 Å². The molecular weight excluding hydrogens is 230 g/mol. The van der Waals surface area contributed by atoms with E-state index in [0.717, 1.165) is 24.0 Å². The van der Waals surface area contributed by atoms with Gasteiger partial charge in [-0.1, -0.05) is 0 Å². The molecule has 0 unspecified atom stereocenters. The Hall–Kier alpha value is -1.49. The van der Waals surface area contributed by atoms with Crippen molar-refractivity contribution in [3.63, 3.8) is 0 Å². The highest BCUT2D eigenvalue weighted by molar-refractivity contribution is 5.80. The van der Waals surface area contributed by atoms with Gasteiger partial charge in [-0.15, -0.1) is 0 Å². The number of guanidine groups is 1. The van der Waals surface area contributed by atoms with Crippen molar-refractivity contribution in [1.82, 2.24) is 10.6 Å². The number of rotatable bonds is 6. The first-order valence-electron chi connectivity index (χ1n) is 6.27. The van der Waals surface area contributed by atoms with E-state index in [1.165, 1.54) is 0 Å². The summed E-state index contributed by atoms with van der Waals surface area (Å²) >= 11 is 0. The number of nitrogens with one attached hydrogen (secondary N) is 2. The van der Waals surface area contributed by atoms with Gasteiger partial charge in [0.1, 0.15) is 11.5 Å². The summed E-state index contributed by atoms with van der Waals surface area (Å²) in [5.41, 5.74) is 0. The topological polar surface area (TPSA) is 58.8 Å². The summed E-state index contributed by atoms with van der Waals surface area (Å²) < 4.78 is 10.6. The summed E-state index contributed by atoms with van der Waals surface area (Å²) in [6.07, 6.45) is 0. The fraction of sp³-hybridized carbons (Fsp3) is 0.615. The van der Waals surface area contributed by atoms with E-state index in [9.17, 15) is 0 Å². The van der Waals surface area contributed by atoms with Gasteiger partial charge in [0.05, 0.1) is 19.2 Å². The number of aliphatic imine (C=N–C) groups is 1. The molecule has 0 amide bonds. The molecule has 0 saturated carbocycles. The highest BCUT2D eigenvalue weighted by atomic mass is 16.5. The molecule has 102 valence electrons. The van der Waals surface area contributed by atoms with Crippen molar-refractivity contribution >= 4 is 5.96 Å². The highest BCUT2D eigenvalue weighted by Gasteiger charge is 2.10. The highest BCUT2D eigenvalue weighted by Crippen LogP contribution is 2.15. The predicted molar refractivity (Wildman–Crippen MR) is 72.9 cm³/mol. The van der Waals surface area contributed by atoms with Crippen LogP contribution in [0, 0.1) is 6.92 Å². The van der Waals surface area contributed by atoms with Crippen LogP contribution >= 0.6 is 0 Å². The molecule has 1 aromatic rings. The average molecular weight is 253 g/mol. The second-order valence-electron chi connectivity index (χ2n) is 4.07. The quantitative estimate of drug-likeness (QED) is 0.461. The van der Waals surface area contributed by atoms with E-state index in [-0.39, 0.29) is 6.04 Å². The minimum absolute atomic E-state index is 0.0824.